The minimum absolute atomic E-state index is 0.107. The number of hydrogen-bond acceptors (Lipinski definition) is 7. The molecule has 0 spiro atoms. The molecule has 1 heterocycles. The van der Waals surface area contributed by atoms with Crippen LogP contribution in [0.4, 0.5) is 0 Å². The maximum absolute atomic E-state index is 12.2. The number of ether oxygens (including phenoxy) is 2. The monoisotopic (exact) mass is 461 g/mol. The summed E-state index contributed by atoms with van der Waals surface area (Å²) < 4.78 is 11.2. The number of halogens is 1. The number of ketones is 1. The fraction of sp³-hybridized carbons (Fsp3) is 0.250. The molecule has 1 N–H and O–H groups in total. The van der Waals surface area contributed by atoms with E-state index in [-0.39, 0.29) is 5.78 Å². The molecule has 1 aliphatic rings. The van der Waals surface area contributed by atoms with Crippen molar-refractivity contribution in [1.82, 2.24) is 5.32 Å². The molecule has 1 atom stereocenters. The molecule has 0 amide bonds. The van der Waals surface area contributed by atoms with E-state index in [1.807, 2.05) is 42.5 Å². The number of rotatable bonds is 7. The average Bonchev–Trinajstić information content (AvgIpc) is 3.06. The first-order valence-electron chi connectivity index (χ1n) is 8.57. The molecule has 146 valence electrons. The van der Waals surface area contributed by atoms with Crippen LogP contribution in [0.15, 0.2) is 57.1 Å². The van der Waals surface area contributed by atoms with E-state index in [0.29, 0.717) is 17.3 Å². The molecule has 3 rings (SSSR count). The van der Waals surface area contributed by atoms with Gasteiger partial charge in [0.1, 0.15) is 22.6 Å². The van der Waals surface area contributed by atoms with Gasteiger partial charge in [0.2, 0.25) is 0 Å². The minimum Gasteiger partial charge on any atom is -0.497 e. The molecule has 0 saturated carbocycles. The molecule has 2 aromatic rings. The second-order valence-corrected chi connectivity index (χ2v) is 7.84. The molecular formula is C20H20BrN3O3S. The van der Waals surface area contributed by atoms with Crippen molar-refractivity contribution in [3.8, 4) is 11.5 Å². The van der Waals surface area contributed by atoms with Crippen LogP contribution in [-0.2, 0) is 11.3 Å². The lowest BCUT2D eigenvalue weighted by Gasteiger charge is -2.12. The molecule has 1 fully saturated rings. The van der Waals surface area contributed by atoms with Crippen molar-refractivity contribution in [1.29, 1.82) is 0 Å². The number of Topliss-reactive ketones (excluding diaryl/α,β-unsaturated/α-hetero) is 1. The summed E-state index contributed by atoms with van der Waals surface area (Å²) in [4.78, 5) is 12.2. The SMILES string of the molecule is COc1ccc(/C=N/N=C2/SCC(=O)C2NCc2ccc(OC)c(Br)c2)cc1. The van der Waals surface area contributed by atoms with Gasteiger partial charge in [0.25, 0.3) is 0 Å². The zero-order valence-electron chi connectivity index (χ0n) is 15.5. The Bertz CT molecular complexity index is 900. The topological polar surface area (TPSA) is 72.3 Å². The van der Waals surface area contributed by atoms with E-state index in [1.165, 1.54) is 11.8 Å². The summed E-state index contributed by atoms with van der Waals surface area (Å²) in [6.45, 7) is 0.542. The van der Waals surface area contributed by atoms with E-state index in [0.717, 1.165) is 27.1 Å². The number of hydrogen-bond donors (Lipinski definition) is 1. The zero-order chi connectivity index (χ0) is 19.9. The Morgan fingerprint density at radius 1 is 1.21 bits per heavy atom. The van der Waals surface area contributed by atoms with Crippen molar-refractivity contribution in [2.24, 2.45) is 10.2 Å². The van der Waals surface area contributed by atoms with Crippen LogP contribution in [0.1, 0.15) is 11.1 Å². The Labute approximate surface area is 176 Å². The van der Waals surface area contributed by atoms with Crippen molar-refractivity contribution in [3.05, 3.63) is 58.1 Å². The summed E-state index contributed by atoms with van der Waals surface area (Å²) in [7, 11) is 3.25. The summed E-state index contributed by atoms with van der Waals surface area (Å²) in [5.74, 6) is 2.07. The number of nitrogens with one attached hydrogen (secondary N) is 1. The van der Waals surface area contributed by atoms with Gasteiger partial charge in [0, 0.05) is 6.54 Å². The van der Waals surface area contributed by atoms with Crippen LogP contribution in [-0.4, -0.2) is 43.1 Å². The van der Waals surface area contributed by atoms with Gasteiger partial charge >= 0.3 is 0 Å². The fourth-order valence-electron chi connectivity index (χ4n) is 2.62. The van der Waals surface area contributed by atoms with Gasteiger partial charge in [-0.05, 0) is 63.5 Å². The highest BCUT2D eigenvalue weighted by molar-refractivity contribution is 9.10. The molecule has 0 aromatic heterocycles. The number of carbonyl (C=O) groups excluding carboxylic acids is 1. The Kier molecular flexibility index (Phi) is 7.24. The first-order chi connectivity index (χ1) is 13.6. The molecule has 2 aromatic carbocycles. The van der Waals surface area contributed by atoms with Gasteiger partial charge in [-0.25, -0.2) is 0 Å². The Balaban J connectivity index is 1.64. The molecule has 1 aliphatic heterocycles. The predicted octanol–water partition coefficient (Wildman–Crippen LogP) is 3.67. The fourth-order valence-corrected chi connectivity index (χ4v) is 4.15. The lowest BCUT2D eigenvalue weighted by Crippen LogP contribution is -2.37. The summed E-state index contributed by atoms with van der Waals surface area (Å²) in [5.41, 5.74) is 1.95. The van der Waals surface area contributed by atoms with Crippen molar-refractivity contribution in [2.75, 3.05) is 20.0 Å². The first kappa shape index (κ1) is 20.6. The quantitative estimate of drug-likeness (QED) is 0.502. The van der Waals surface area contributed by atoms with Crippen molar-refractivity contribution >= 4 is 44.7 Å². The standard InChI is InChI=1S/C20H20BrN3O3S/c1-26-15-6-3-13(4-7-15)11-23-24-20-19(17(25)12-28-20)22-10-14-5-8-18(27-2)16(21)9-14/h3-9,11,19,22H,10,12H2,1-2H3/b23-11+,24-20+. The first-order valence-corrected chi connectivity index (χ1v) is 10.3. The highest BCUT2D eigenvalue weighted by atomic mass is 79.9. The lowest BCUT2D eigenvalue weighted by atomic mass is 10.2. The molecule has 0 aliphatic carbocycles. The van der Waals surface area contributed by atoms with Crippen LogP contribution in [0.5, 0.6) is 11.5 Å². The lowest BCUT2D eigenvalue weighted by molar-refractivity contribution is -0.116. The normalized spacial score (nSPS) is 18.2. The number of thioether (sulfide) groups is 1. The third-order valence-corrected chi connectivity index (χ3v) is 5.80. The van der Waals surface area contributed by atoms with E-state index in [1.54, 1.807) is 20.4 Å². The number of benzene rings is 2. The van der Waals surface area contributed by atoms with Crippen LogP contribution in [0.2, 0.25) is 0 Å². The van der Waals surface area contributed by atoms with Crippen molar-refractivity contribution in [3.63, 3.8) is 0 Å². The second-order valence-electron chi connectivity index (χ2n) is 5.99. The van der Waals surface area contributed by atoms with Crippen LogP contribution in [0, 0.1) is 0 Å². The summed E-state index contributed by atoms with van der Waals surface area (Å²) in [6.07, 6.45) is 1.66. The Hall–Kier alpha value is -2.16. The van der Waals surface area contributed by atoms with Gasteiger partial charge in [0.15, 0.2) is 5.78 Å². The summed E-state index contributed by atoms with van der Waals surface area (Å²) >= 11 is 4.89. The number of nitrogens with zero attached hydrogens (tertiary/aromatic N) is 2. The zero-order valence-corrected chi connectivity index (χ0v) is 17.9. The summed E-state index contributed by atoms with van der Waals surface area (Å²) in [5, 5.41) is 12.4. The van der Waals surface area contributed by atoms with E-state index in [2.05, 4.69) is 31.4 Å². The largest absolute Gasteiger partial charge is 0.497 e. The molecule has 0 bridgehead atoms. The predicted molar refractivity (Wildman–Crippen MR) is 117 cm³/mol. The van der Waals surface area contributed by atoms with E-state index in [4.69, 9.17) is 9.47 Å². The molecule has 28 heavy (non-hydrogen) atoms. The van der Waals surface area contributed by atoms with Crippen LogP contribution < -0.4 is 14.8 Å². The summed E-state index contributed by atoms with van der Waals surface area (Å²) in [6, 6.07) is 12.9. The van der Waals surface area contributed by atoms with Gasteiger partial charge in [0.05, 0.1) is 30.7 Å². The molecule has 0 radical (unpaired) electrons. The molecule has 1 unspecified atom stereocenters. The Morgan fingerprint density at radius 2 is 2.00 bits per heavy atom. The van der Waals surface area contributed by atoms with Crippen LogP contribution in [0.3, 0.4) is 0 Å². The number of carbonyl (C=O) groups is 1. The van der Waals surface area contributed by atoms with E-state index >= 15 is 0 Å². The van der Waals surface area contributed by atoms with Crippen LogP contribution >= 0.6 is 27.7 Å². The molecule has 6 nitrogen and oxygen atoms in total. The second kappa shape index (κ2) is 9.86. The maximum Gasteiger partial charge on any atom is 0.166 e. The highest BCUT2D eigenvalue weighted by Gasteiger charge is 2.31. The average molecular weight is 462 g/mol. The van der Waals surface area contributed by atoms with Crippen molar-refractivity contribution in [2.45, 2.75) is 12.6 Å². The van der Waals surface area contributed by atoms with Gasteiger partial charge in [-0.15, -0.1) is 5.10 Å². The molecular weight excluding hydrogens is 442 g/mol. The number of methoxy groups -OCH3 is 2. The maximum atomic E-state index is 12.2. The van der Waals surface area contributed by atoms with Gasteiger partial charge in [-0.3, -0.25) is 10.1 Å². The van der Waals surface area contributed by atoms with Crippen LogP contribution in [0.25, 0.3) is 0 Å². The highest BCUT2D eigenvalue weighted by Crippen LogP contribution is 2.26. The Morgan fingerprint density at radius 3 is 2.68 bits per heavy atom. The van der Waals surface area contributed by atoms with Gasteiger partial charge < -0.3 is 9.47 Å². The third-order valence-electron chi connectivity index (χ3n) is 4.14. The molecule has 1 saturated heterocycles. The van der Waals surface area contributed by atoms with Gasteiger partial charge in [-0.2, -0.15) is 5.10 Å². The van der Waals surface area contributed by atoms with Gasteiger partial charge in [-0.1, -0.05) is 17.8 Å². The third kappa shape index (κ3) is 5.21. The molecule has 8 heteroatoms. The van der Waals surface area contributed by atoms with E-state index in [9.17, 15) is 4.79 Å². The van der Waals surface area contributed by atoms with E-state index < -0.39 is 6.04 Å². The smallest absolute Gasteiger partial charge is 0.166 e. The van der Waals surface area contributed by atoms with Crippen molar-refractivity contribution < 1.29 is 14.3 Å². The minimum atomic E-state index is -0.432.